The molecular weight excluding hydrogens is 208 g/mol. The summed E-state index contributed by atoms with van der Waals surface area (Å²) in [6.07, 6.45) is 6.91. The van der Waals surface area contributed by atoms with Gasteiger partial charge in [-0.1, -0.05) is 13.8 Å². The van der Waals surface area contributed by atoms with Gasteiger partial charge in [-0.05, 0) is 51.9 Å². The molecule has 2 aliphatic rings. The van der Waals surface area contributed by atoms with E-state index in [2.05, 4.69) is 37.9 Å². The zero-order valence-electron chi connectivity index (χ0n) is 12.1. The van der Waals surface area contributed by atoms with Crippen LogP contribution < -0.4 is 5.32 Å². The third-order valence-electron chi connectivity index (χ3n) is 4.34. The van der Waals surface area contributed by atoms with Crippen LogP contribution in [0.4, 0.5) is 0 Å². The molecule has 2 fully saturated rings. The summed E-state index contributed by atoms with van der Waals surface area (Å²) in [5, 5.41) is 3.84. The second-order valence-electron chi connectivity index (χ2n) is 6.75. The monoisotopic (exact) mass is 238 g/mol. The van der Waals surface area contributed by atoms with Gasteiger partial charge in [0.25, 0.3) is 0 Å². The molecule has 0 aromatic heterocycles. The van der Waals surface area contributed by atoms with Crippen LogP contribution in [-0.4, -0.2) is 35.6 Å². The average molecular weight is 238 g/mol. The van der Waals surface area contributed by atoms with Crippen LogP contribution >= 0.6 is 0 Å². The highest BCUT2D eigenvalue weighted by Gasteiger charge is 2.38. The van der Waals surface area contributed by atoms with E-state index in [1.165, 1.54) is 38.6 Å². The van der Waals surface area contributed by atoms with Crippen LogP contribution in [0.1, 0.15) is 59.8 Å². The van der Waals surface area contributed by atoms with Crippen molar-refractivity contribution < 1.29 is 0 Å². The van der Waals surface area contributed by atoms with Crippen molar-refractivity contribution in [3.05, 3.63) is 0 Å². The molecule has 2 heteroatoms. The van der Waals surface area contributed by atoms with Crippen LogP contribution in [0.15, 0.2) is 0 Å². The zero-order chi connectivity index (χ0) is 12.4. The van der Waals surface area contributed by atoms with Crippen molar-refractivity contribution in [2.45, 2.75) is 84.0 Å². The minimum absolute atomic E-state index is 0.689. The molecule has 1 aliphatic carbocycles. The van der Waals surface area contributed by atoms with Gasteiger partial charge in [0, 0.05) is 30.7 Å². The van der Waals surface area contributed by atoms with Crippen LogP contribution in [0, 0.1) is 5.92 Å². The Morgan fingerprint density at radius 1 is 1.18 bits per heavy atom. The van der Waals surface area contributed by atoms with E-state index < -0.39 is 0 Å². The standard InChI is InChI=1S/C15H30N2/c1-11(2)5-6-12(3)16-14-9-13(4)17(10-14)15-7-8-15/h11-16H,5-10H2,1-4H3. The van der Waals surface area contributed by atoms with Crippen molar-refractivity contribution in [2.75, 3.05) is 6.54 Å². The number of nitrogens with one attached hydrogen (secondary N) is 1. The van der Waals surface area contributed by atoms with E-state index in [0.29, 0.717) is 6.04 Å². The number of rotatable bonds is 6. The third kappa shape index (κ3) is 3.96. The van der Waals surface area contributed by atoms with Crippen LogP contribution in [0.3, 0.4) is 0 Å². The fourth-order valence-electron chi connectivity index (χ4n) is 3.16. The highest BCUT2D eigenvalue weighted by Crippen LogP contribution is 2.33. The smallest absolute Gasteiger partial charge is 0.0212 e. The first-order chi connectivity index (χ1) is 8.06. The largest absolute Gasteiger partial charge is 0.310 e. The second kappa shape index (κ2) is 5.71. The molecule has 1 aliphatic heterocycles. The van der Waals surface area contributed by atoms with Crippen molar-refractivity contribution in [1.82, 2.24) is 10.2 Å². The van der Waals surface area contributed by atoms with Gasteiger partial charge in [0.2, 0.25) is 0 Å². The van der Waals surface area contributed by atoms with Crippen molar-refractivity contribution in [3.8, 4) is 0 Å². The Kier molecular flexibility index (Phi) is 4.48. The topological polar surface area (TPSA) is 15.3 Å². The lowest BCUT2D eigenvalue weighted by Crippen LogP contribution is -2.39. The quantitative estimate of drug-likeness (QED) is 0.765. The van der Waals surface area contributed by atoms with Crippen molar-refractivity contribution in [2.24, 2.45) is 5.92 Å². The number of hydrogen-bond acceptors (Lipinski definition) is 2. The fraction of sp³-hybridized carbons (Fsp3) is 1.00. The summed E-state index contributed by atoms with van der Waals surface area (Å²) in [5.41, 5.74) is 0. The van der Waals surface area contributed by atoms with E-state index in [1.54, 1.807) is 0 Å². The summed E-state index contributed by atoms with van der Waals surface area (Å²) in [6.45, 7) is 10.7. The summed E-state index contributed by atoms with van der Waals surface area (Å²) >= 11 is 0. The minimum Gasteiger partial charge on any atom is -0.310 e. The molecule has 1 saturated carbocycles. The van der Waals surface area contributed by atoms with Gasteiger partial charge in [0.05, 0.1) is 0 Å². The van der Waals surface area contributed by atoms with Crippen molar-refractivity contribution in [3.63, 3.8) is 0 Å². The highest BCUT2D eigenvalue weighted by molar-refractivity contribution is 4.96. The lowest BCUT2D eigenvalue weighted by Gasteiger charge is -2.21. The van der Waals surface area contributed by atoms with Crippen molar-refractivity contribution in [1.29, 1.82) is 0 Å². The van der Waals surface area contributed by atoms with E-state index in [-0.39, 0.29) is 0 Å². The first-order valence-corrected chi connectivity index (χ1v) is 7.58. The summed E-state index contributed by atoms with van der Waals surface area (Å²) in [6, 6.07) is 3.17. The summed E-state index contributed by atoms with van der Waals surface area (Å²) in [5.74, 6) is 0.838. The fourth-order valence-corrected chi connectivity index (χ4v) is 3.16. The van der Waals surface area contributed by atoms with Gasteiger partial charge in [-0.25, -0.2) is 0 Å². The Balaban J connectivity index is 1.69. The first-order valence-electron chi connectivity index (χ1n) is 7.58. The molecule has 1 heterocycles. The van der Waals surface area contributed by atoms with Crippen LogP contribution in [0.25, 0.3) is 0 Å². The van der Waals surface area contributed by atoms with E-state index in [0.717, 1.165) is 24.0 Å². The molecule has 3 unspecified atom stereocenters. The number of nitrogens with zero attached hydrogens (tertiary/aromatic N) is 1. The predicted octanol–water partition coefficient (Wildman–Crippen LogP) is 3.03. The Bertz CT molecular complexity index is 235. The molecule has 17 heavy (non-hydrogen) atoms. The van der Waals surface area contributed by atoms with Gasteiger partial charge < -0.3 is 5.32 Å². The maximum atomic E-state index is 3.84. The Morgan fingerprint density at radius 3 is 2.47 bits per heavy atom. The SMILES string of the molecule is CC(C)CCC(C)NC1CC(C)N(C2CC2)C1. The Labute approximate surface area is 107 Å². The molecular formula is C15H30N2. The lowest BCUT2D eigenvalue weighted by molar-refractivity contribution is 0.253. The lowest BCUT2D eigenvalue weighted by atomic mass is 10.0. The first kappa shape index (κ1) is 13.4. The van der Waals surface area contributed by atoms with Gasteiger partial charge in [-0.2, -0.15) is 0 Å². The van der Waals surface area contributed by atoms with Crippen molar-refractivity contribution >= 4 is 0 Å². The van der Waals surface area contributed by atoms with Gasteiger partial charge in [-0.15, -0.1) is 0 Å². The Hall–Kier alpha value is -0.0800. The maximum Gasteiger partial charge on any atom is 0.0212 e. The summed E-state index contributed by atoms with van der Waals surface area (Å²) in [4.78, 5) is 2.73. The number of likely N-dealkylation sites (tertiary alicyclic amines) is 1. The van der Waals surface area contributed by atoms with Crippen LogP contribution in [-0.2, 0) is 0 Å². The molecule has 0 amide bonds. The van der Waals surface area contributed by atoms with E-state index in [9.17, 15) is 0 Å². The molecule has 100 valence electrons. The van der Waals surface area contributed by atoms with E-state index >= 15 is 0 Å². The second-order valence-corrected chi connectivity index (χ2v) is 6.75. The molecule has 1 saturated heterocycles. The molecule has 1 N–H and O–H groups in total. The van der Waals surface area contributed by atoms with Crippen LogP contribution in [0.2, 0.25) is 0 Å². The third-order valence-corrected chi connectivity index (χ3v) is 4.34. The van der Waals surface area contributed by atoms with Gasteiger partial charge in [-0.3, -0.25) is 4.90 Å². The average Bonchev–Trinajstić information content (AvgIpc) is 3.01. The molecule has 3 atom stereocenters. The van der Waals surface area contributed by atoms with E-state index in [1.807, 2.05) is 0 Å². The maximum absolute atomic E-state index is 3.84. The van der Waals surface area contributed by atoms with Gasteiger partial charge >= 0.3 is 0 Å². The summed E-state index contributed by atoms with van der Waals surface area (Å²) < 4.78 is 0. The number of hydrogen-bond donors (Lipinski definition) is 1. The molecule has 2 nitrogen and oxygen atoms in total. The molecule has 0 aromatic rings. The Morgan fingerprint density at radius 2 is 1.88 bits per heavy atom. The van der Waals surface area contributed by atoms with Gasteiger partial charge in [0.15, 0.2) is 0 Å². The molecule has 2 rings (SSSR count). The predicted molar refractivity (Wildman–Crippen MR) is 74.3 cm³/mol. The molecule has 0 aromatic carbocycles. The van der Waals surface area contributed by atoms with Crippen LogP contribution in [0.5, 0.6) is 0 Å². The summed E-state index contributed by atoms with van der Waals surface area (Å²) in [7, 11) is 0. The van der Waals surface area contributed by atoms with Gasteiger partial charge in [0.1, 0.15) is 0 Å². The molecule has 0 spiro atoms. The molecule has 0 bridgehead atoms. The minimum atomic E-state index is 0.689. The highest BCUT2D eigenvalue weighted by atomic mass is 15.3. The molecule has 0 radical (unpaired) electrons. The zero-order valence-corrected chi connectivity index (χ0v) is 12.1. The van der Waals surface area contributed by atoms with E-state index in [4.69, 9.17) is 0 Å². The normalized spacial score (nSPS) is 32.3.